The Morgan fingerprint density at radius 3 is 2.22 bits per heavy atom. The number of fused-ring (bicyclic) bond motifs is 2. The number of hydrogen-bond donors (Lipinski definition) is 1. The van der Waals surface area contributed by atoms with Crippen LogP contribution >= 0.6 is 11.6 Å². The first kappa shape index (κ1) is 23.5. The van der Waals surface area contributed by atoms with Gasteiger partial charge in [0.2, 0.25) is 0 Å². The molecule has 0 saturated heterocycles. The van der Waals surface area contributed by atoms with Gasteiger partial charge in [-0.1, -0.05) is 35.9 Å². The van der Waals surface area contributed by atoms with Gasteiger partial charge in [0.15, 0.2) is 0 Å². The Balaban J connectivity index is 1.40. The predicted molar refractivity (Wildman–Crippen MR) is 139 cm³/mol. The lowest BCUT2D eigenvalue weighted by Crippen LogP contribution is -2.30. The number of rotatable bonds is 5. The van der Waals surface area contributed by atoms with Gasteiger partial charge in [-0.25, -0.2) is 0 Å². The predicted octanol–water partition coefficient (Wildman–Crippen LogP) is 5.62. The molecule has 1 aromatic heterocycles. The largest absolute Gasteiger partial charge is 0.496 e. The Morgan fingerprint density at radius 1 is 0.833 bits per heavy atom. The molecule has 182 valence electrons. The quantitative estimate of drug-likeness (QED) is 0.385. The van der Waals surface area contributed by atoms with Crippen molar-refractivity contribution in [3.8, 4) is 11.5 Å². The molecule has 2 heterocycles. The van der Waals surface area contributed by atoms with Crippen LogP contribution in [0, 0.1) is 0 Å². The maximum Gasteiger partial charge on any atom is 0.263 e. The van der Waals surface area contributed by atoms with E-state index < -0.39 is 0 Å². The first-order chi connectivity index (χ1) is 17.5. The van der Waals surface area contributed by atoms with Crippen molar-refractivity contribution in [3.63, 3.8) is 0 Å². The molecule has 0 aliphatic carbocycles. The third-order valence-electron chi connectivity index (χ3n) is 6.24. The van der Waals surface area contributed by atoms with E-state index in [9.17, 15) is 9.59 Å². The molecule has 5 rings (SSSR count). The number of nitrogens with zero attached hydrogens (tertiary/aromatic N) is 2. The van der Waals surface area contributed by atoms with E-state index in [0.717, 1.165) is 16.9 Å². The van der Waals surface area contributed by atoms with Gasteiger partial charge in [-0.2, -0.15) is 0 Å². The smallest absolute Gasteiger partial charge is 0.263 e. The van der Waals surface area contributed by atoms with E-state index in [0.29, 0.717) is 46.6 Å². The molecule has 0 atom stereocenters. The molecule has 4 aromatic rings. The Morgan fingerprint density at radius 2 is 1.53 bits per heavy atom. The number of anilines is 2. The standard InChI is InChI=1S/C28H24ClN3O4/c1-35-23-8-5-9-24(36-2)26(23)27(33)30-20-12-10-18(11-13-20)28(34)32-17-21-14-15-25(29)31(21)16-19-6-3-4-7-22(19)32/h3-15H,16-17H2,1-2H3,(H,30,33). The van der Waals surface area contributed by atoms with Gasteiger partial charge in [0.1, 0.15) is 22.2 Å². The van der Waals surface area contributed by atoms with Crippen molar-refractivity contribution in [1.82, 2.24) is 4.57 Å². The van der Waals surface area contributed by atoms with Gasteiger partial charge >= 0.3 is 0 Å². The molecule has 1 N–H and O–H groups in total. The minimum atomic E-state index is -0.373. The number of halogens is 1. The van der Waals surface area contributed by atoms with Crippen LogP contribution in [0.3, 0.4) is 0 Å². The van der Waals surface area contributed by atoms with Gasteiger partial charge in [0.05, 0.1) is 27.3 Å². The zero-order chi connectivity index (χ0) is 25.2. The summed E-state index contributed by atoms with van der Waals surface area (Å²) in [6.45, 7) is 0.993. The van der Waals surface area contributed by atoms with E-state index in [2.05, 4.69) is 5.32 Å². The van der Waals surface area contributed by atoms with Crippen LogP contribution in [0.5, 0.6) is 11.5 Å². The number of aromatic nitrogens is 1. The fourth-order valence-electron chi connectivity index (χ4n) is 4.42. The van der Waals surface area contributed by atoms with Gasteiger partial charge in [-0.15, -0.1) is 0 Å². The molecule has 36 heavy (non-hydrogen) atoms. The second-order valence-electron chi connectivity index (χ2n) is 8.32. The lowest BCUT2D eigenvalue weighted by Gasteiger charge is -2.23. The summed E-state index contributed by atoms with van der Waals surface area (Å²) in [5, 5.41) is 3.49. The molecule has 0 spiro atoms. The minimum Gasteiger partial charge on any atom is -0.496 e. The number of methoxy groups -OCH3 is 2. The van der Waals surface area contributed by atoms with Crippen molar-refractivity contribution in [3.05, 3.63) is 106 Å². The second kappa shape index (κ2) is 9.79. The van der Waals surface area contributed by atoms with Crippen LogP contribution in [0.15, 0.2) is 78.9 Å². The minimum absolute atomic E-state index is 0.141. The fourth-order valence-corrected chi connectivity index (χ4v) is 4.66. The first-order valence-electron chi connectivity index (χ1n) is 11.4. The van der Waals surface area contributed by atoms with E-state index in [1.807, 2.05) is 41.0 Å². The van der Waals surface area contributed by atoms with Crippen LogP contribution in [-0.4, -0.2) is 30.6 Å². The highest BCUT2D eigenvalue weighted by molar-refractivity contribution is 6.29. The highest BCUT2D eigenvalue weighted by atomic mass is 35.5. The zero-order valence-electron chi connectivity index (χ0n) is 19.8. The molecule has 1 aliphatic rings. The number of carbonyl (C=O) groups excluding carboxylic acids is 2. The monoisotopic (exact) mass is 501 g/mol. The summed E-state index contributed by atoms with van der Waals surface area (Å²) in [7, 11) is 3.00. The van der Waals surface area contributed by atoms with Crippen LogP contribution in [-0.2, 0) is 13.1 Å². The molecule has 8 heteroatoms. The summed E-state index contributed by atoms with van der Waals surface area (Å²) in [6, 6.07) is 23.6. The van der Waals surface area contributed by atoms with Crippen molar-refractivity contribution in [1.29, 1.82) is 0 Å². The van der Waals surface area contributed by atoms with E-state index in [-0.39, 0.29) is 11.8 Å². The number of hydrogen-bond acceptors (Lipinski definition) is 4. The molecule has 0 radical (unpaired) electrons. The Labute approximate surface area is 213 Å². The SMILES string of the molecule is COc1cccc(OC)c1C(=O)Nc1ccc(C(=O)N2Cc3ccc(Cl)n3Cc3ccccc32)cc1. The van der Waals surface area contributed by atoms with Gasteiger partial charge in [-0.3, -0.25) is 9.59 Å². The van der Waals surface area contributed by atoms with Gasteiger partial charge in [0, 0.05) is 22.6 Å². The maximum atomic E-state index is 13.6. The van der Waals surface area contributed by atoms with Crippen molar-refractivity contribution >= 4 is 34.8 Å². The van der Waals surface area contributed by atoms with Gasteiger partial charge in [-0.05, 0) is 60.2 Å². The van der Waals surface area contributed by atoms with E-state index in [1.54, 1.807) is 47.4 Å². The summed E-state index contributed by atoms with van der Waals surface area (Å²) < 4.78 is 12.7. The fraction of sp³-hybridized carbons (Fsp3) is 0.143. The molecule has 2 amide bonds. The van der Waals surface area contributed by atoms with Gasteiger partial charge < -0.3 is 24.3 Å². The number of benzene rings is 3. The van der Waals surface area contributed by atoms with Gasteiger partial charge in [0.25, 0.3) is 11.8 Å². The van der Waals surface area contributed by atoms with Crippen molar-refractivity contribution in [2.45, 2.75) is 13.1 Å². The number of ether oxygens (including phenoxy) is 2. The lowest BCUT2D eigenvalue weighted by molar-refractivity contribution is 0.0983. The summed E-state index contributed by atoms with van der Waals surface area (Å²) >= 11 is 6.39. The maximum absolute atomic E-state index is 13.6. The molecule has 0 saturated carbocycles. The number of para-hydroxylation sites is 1. The summed E-state index contributed by atoms with van der Waals surface area (Å²) in [5.41, 5.74) is 4.16. The van der Waals surface area contributed by atoms with Crippen molar-refractivity contribution < 1.29 is 19.1 Å². The lowest BCUT2D eigenvalue weighted by atomic mass is 10.1. The molecule has 3 aromatic carbocycles. The summed E-state index contributed by atoms with van der Waals surface area (Å²) in [6.07, 6.45) is 0. The van der Waals surface area contributed by atoms with Crippen molar-refractivity contribution in [2.24, 2.45) is 0 Å². The van der Waals surface area contributed by atoms with E-state index in [1.165, 1.54) is 14.2 Å². The molecule has 1 aliphatic heterocycles. The number of carbonyl (C=O) groups is 2. The van der Waals surface area contributed by atoms with Crippen LogP contribution in [0.1, 0.15) is 32.0 Å². The van der Waals surface area contributed by atoms with Crippen LogP contribution in [0.4, 0.5) is 11.4 Å². The third kappa shape index (κ3) is 4.29. The average molecular weight is 502 g/mol. The number of nitrogens with one attached hydrogen (secondary N) is 1. The normalized spacial score (nSPS) is 12.2. The molecular formula is C28H24ClN3O4. The molecule has 0 fully saturated rings. The Kier molecular flexibility index (Phi) is 6.40. The average Bonchev–Trinajstić information content (AvgIpc) is 3.15. The molecule has 7 nitrogen and oxygen atoms in total. The van der Waals surface area contributed by atoms with Crippen LogP contribution in [0.25, 0.3) is 0 Å². The third-order valence-corrected chi connectivity index (χ3v) is 6.57. The van der Waals surface area contributed by atoms with Crippen LogP contribution < -0.4 is 19.7 Å². The highest BCUT2D eigenvalue weighted by Gasteiger charge is 2.26. The summed E-state index contributed by atoms with van der Waals surface area (Å²) in [5.74, 6) is 0.298. The second-order valence-corrected chi connectivity index (χ2v) is 8.71. The molecular weight excluding hydrogens is 478 g/mol. The van der Waals surface area contributed by atoms with Crippen LogP contribution in [0.2, 0.25) is 5.15 Å². The first-order valence-corrected chi connectivity index (χ1v) is 11.7. The summed E-state index contributed by atoms with van der Waals surface area (Å²) in [4.78, 5) is 28.4. The highest BCUT2D eigenvalue weighted by Crippen LogP contribution is 2.32. The Bertz CT molecular complexity index is 1420. The Hall–Kier alpha value is -4.23. The number of amides is 2. The van der Waals surface area contributed by atoms with E-state index >= 15 is 0 Å². The topological polar surface area (TPSA) is 72.8 Å². The van der Waals surface area contributed by atoms with Crippen molar-refractivity contribution in [2.75, 3.05) is 24.4 Å². The molecule has 0 bridgehead atoms. The van der Waals surface area contributed by atoms with E-state index in [4.69, 9.17) is 21.1 Å². The zero-order valence-corrected chi connectivity index (χ0v) is 20.6. The molecule has 0 unspecified atom stereocenters.